The lowest BCUT2D eigenvalue weighted by molar-refractivity contribution is -0.124. The van der Waals surface area contributed by atoms with E-state index >= 15 is 0 Å². The maximum atomic E-state index is 11.5. The number of benzene rings is 1. The number of hydrogen-bond acceptors (Lipinski definition) is 2. The van der Waals surface area contributed by atoms with E-state index in [1.54, 1.807) is 0 Å². The smallest absolute Gasteiger partial charge is 0.224 e. The minimum atomic E-state index is -0.104. The molecule has 0 aliphatic heterocycles. The van der Waals surface area contributed by atoms with Gasteiger partial charge < -0.3 is 15.6 Å². The highest BCUT2D eigenvalue weighted by atomic mass is 16.1. The van der Waals surface area contributed by atoms with Crippen molar-refractivity contribution in [3.8, 4) is 0 Å². The summed E-state index contributed by atoms with van der Waals surface area (Å²) in [5, 5.41) is 4.16. The SMILES string of the molecule is CC(CN)C(=O)NCCCn1ccc2ccccc21. The average molecular weight is 259 g/mol. The Morgan fingerprint density at radius 1 is 1.37 bits per heavy atom. The minimum absolute atomic E-state index is 0.0415. The van der Waals surface area contributed by atoms with Gasteiger partial charge in [0.1, 0.15) is 0 Å². The molecule has 0 saturated carbocycles. The third-order valence-corrected chi connectivity index (χ3v) is 3.36. The average Bonchev–Trinajstić information content (AvgIpc) is 2.86. The molecular weight excluding hydrogens is 238 g/mol. The van der Waals surface area contributed by atoms with Crippen molar-refractivity contribution in [3.05, 3.63) is 36.5 Å². The summed E-state index contributed by atoms with van der Waals surface area (Å²) in [5.74, 6) is -0.0627. The second-order valence-corrected chi connectivity index (χ2v) is 4.85. The first-order valence-corrected chi connectivity index (χ1v) is 6.74. The Labute approximate surface area is 113 Å². The zero-order chi connectivity index (χ0) is 13.7. The van der Waals surface area contributed by atoms with E-state index < -0.39 is 0 Å². The molecule has 0 spiro atoms. The maximum absolute atomic E-state index is 11.5. The molecule has 0 radical (unpaired) electrons. The summed E-state index contributed by atoms with van der Waals surface area (Å²) in [7, 11) is 0. The van der Waals surface area contributed by atoms with E-state index in [4.69, 9.17) is 5.73 Å². The van der Waals surface area contributed by atoms with Crippen LogP contribution in [-0.4, -0.2) is 23.6 Å². The van der Waals surface area contributed by atoms with Gasteiger partial charge >= 0.3 is 0 Å². The molecule has 2 rings (SSSR count). The van der Waals surface area contributed by atoms with Crippen LogP contribution < -0.4 is 11.1 Å². The molecule has 0 aliphatic rings. The summed E-state index contributed by atoms with van der Waals surface area (Å²) < 4.78 is 2.22. The van der Waals surface area contributed by atoms with E-state index in [0.29, 0.717) is 13.1 Å². The first-order valence-electron chi connectivity index (χ1n) is 6.74. The van der Waals surface area contributed by atoms with Gasteiger partial charge in [-0.25, -0.2) is 0 Å². The van der Waals surface area contributed by atoms with Gasteiger partial charge in [-0.05, 0) is 23.9 Å². The maximum Gasteiger partial charge on any atom is 0.224 e. The fourth-order valence-electron chi connectivity index (χ4n) is 2.08. The van der Waals surface area contributed by atoms with Crippen LogP contribution in [0.5, 0.6) is 0 Å². The van der Waals surface area contributed by atoms with Crippen LogP contribution in [0.1, 0.15) is 13.3 Å². The lowest BCUT2D eigenvalue weighted by Gasteiger charge is -2.10. The van der Waals surface area contributed by atoms with Gasteiger partial charge in [-0.1, -0.05) is 25.1 Å². The van der Waals surface area contributed by atoms with Crippen molar-refractivity contribution >= 4 is 16.8 Å². The summed E-state index contributed by atoms with van der Waals surface area (Å²) in [6, 6.07) is 10.4. The Morgan fingerprint density at radius 2 is 2.16 bits per heavy atom. The third kappa shape index (κ3) is 3.35. The topological polar surface area (TPSA) is 60.1 Å². The van der Waals surface area contributed by atoms with Crippen molar-refractivity contribution in [1.29, 1.82) is 0 Å². The van der Waals surface area contributed by atoms with Crippen LogP contribution in [0.2, 0.25) is 0 Å². The molecule has 4 nitrogen and oxygen atoms in total. The fourth-order valence-corrected chi connectivity index (χ4v) is 2.08. The number of nitrogens with zero attached hydrogens (tertiary/aromatic N) is 1. The van der Waals surface area contributed by atoms with E-state index in [1.165, 1.54) is 10.9 Å². The number of nitrogens with two attached hydrogens (primary N) is 1. The number of aromatic nitrogens is 1. The van der Waals surface area contributed by atoms with Gasteiger partial charge in [0, 0.05) is 37.3 Å². The largest absolute Gasteiger partial charge is 0.356 e. The zero-order valence-electron chi connectivity index (χ0n) is 11.3. The fraction of sp³-hybridized carbons (Fsp3) is 0.400. The summed E-state index contributed by atoms with van der Waals surface area (Å²) in [4.78, 5) is 11.5. The summed E-state index contributed by atoms with van der Waals surface area (Å²) in [5.41, 5.74) is 6.69. The molecule has 4 heteroatoms. The molecule has 1 atom stereocenters. The quantitative estimate of drug-likeness (QED) is 0.776. The molecule has 1 heterocycles. The number of amides is 1. The molecule has 0 bridgehead atoms. The van der Waals surface area contributed by atoms with Gasteiger partial charge in [0.2, 0.25) is 5.91 Å². The number of fused-ring (bicyclic) bond motifs is 1. The van der Waals surface area contributed by atoms with Crippen LogP contribution in [0.15, 0.2) is 36.5 Å². The van der Waals surface area contributed by atoms with Crippen molar-refractivity contribution in [3.63, 3.8) is 0 Å². The van der Waals surface area contributed by atoms with Crippen LogP contribution >= 0.6 is 0 Å². The van der Waals surface area contributed by atoms with E-state index in [9.17, 15) is 4.79 Å². The number of hydrogen-bond donors (Lipinski definition) is 2. The zero-order valence-corrected chi connectivity index (χ0v) is 11.3. The summed E-state index contributed by atoms with van der Waals surface area (Å²) >= 11 is 0. The molecule has 19 heavy (non-hydrogen) atoms. The third-order valence-electron chi connectivity index (χ3n) is 3.36. The second kappa shape index (κ2) is 6.38. The van der Waals surface area contributed by atoms with E-state index in [0.717, 1.165) is 13.0 Å². The molecule has 0 fully saturated rings. The Kier molecular flexibility index (Phi) is 4.58. The molecular formula is C15H21N3O. The summed E-state index contributed by atoms with van der Waals surface area (Å²) in [6.07, 6.45) is 3.01. The highest BCUT2D eigenvalue weighted by molar-refractivity contribution is 5.80. The Hall–Kier alpha value is -1.81. The second-order valence-electron chi connectivity index (χ2n) is 4.85. The van der Waals surface area contributed by atoms with Gasteiger partial charge in [-0.2, -0.15) is 0 Å². The van der Waals surface area contributed by atoms with Gasteiger partial charge in [0.05, 0.1) is 0 Å². The Bertz CT molecular complexity index is 547. The van der Waals surface area contributed by atoms with Crippen molar-refractivity contribution in [2.45, 2.75) is 19.9 Å². The van der Waals surface area contributed by atoms with Crippen molar-refractivity contribution in [2.75, 3.05) is 13.1 Å². The number of nitrogens with one attached hydrogen (secondary N) is 1. The van der Waals surface area contributed by atoms with Crippen molar-refractivity contribution < 1.29 is 4.79 Å². The number of carbonyl (C=O) groups is 1. The Morgan fingerprint density at radius 3 is 2.95 bits per heavy atom. The first-order chi connectivity index (χ1) is 9.22. The predicted octanol–water partition coefficient (Wildman–Crippen LogP) is 1.74. The molecule has 1 aromatic heterocycles. The van der Waals surface area contributed by atoms with Gasteiger partial charge in [-0.3, -0.25) is 4.79 Å². The summed E-state index contributed by atoms with van der Waals surface area (Å²) in [6.45, 7) is 3.84. The van der Waals surface area contributed by atoms with Gasteiger partial charge in [-0.15, -0.1) is 0 Å². The number of para-hydroxylation sites is 1. The standard InChI is InChI=1S/C15H21N3O/c1-12(11-16)15(19)17-8-4-9-18-10-7-13-5-2-3-6-14(13)18/h2-3,5-7,10,12H,4,8-9,11,16H2,1H3,(H,17,19). The molecule has 1 amide bonds. The number of carbonyl (C=O) groups excluding carboxylic acids is 1. The van der Waals surface area contributed by atoms with Crippen LogP contribution in [0, 0.1) is 5.92 Å². The number of aryl methyl sites for hydroxylation is 1. The minimum Gasteiger partial charge on any atom is -0.356 e. The van der Waals surface area contributed by atoms with Gasteiger partial charge in [0.25, 0.3) is 0 Å². The van der Waals surface area contributed by atoms with E-state index in [1.807, 2.05) is 19.1 Å². The normalized spacial score (nSPS) is 12.5. The Balaban J connectivity index is 1.82. The van der Waals surface area contributed by atoms with Crippen molar-refractivity contribution in [1.82, 2.24) is 9.88 Å². The van der Waals surface area contributed by atoms with Crippen LogP contribution in [0.4, 0.5) is 0 Å². The first kappa shape index (κ1) is 13.6. The molecule has 3 N–H and O–H groups in total. The van der Waals surface area contributed by atoms with E-state index in [-0.39, 0.29) is 11.8 Å². The lowest BCUT2D eigenvalue weighted by atomic mass is 10.2. The van der Waals surface area contributed by atoms with Crippen molar-refractivity contribution in [2.24, 2.45) is 11.7 Å². The lowest BCUT2D eigenvalue weighted by Crippen LogP contribution is -2.34. The molecule has 1 aromatic carbocycles. The molecule has 1 unspecified atom stereocenters. The molecule has 102 valence electrons. The predicted molar refractivity (Wildman–Crippen MR) is 77.8 cm³/mol. The molecule has 2 aromatic rings. The van der Waals surface area contributed by atoms with Crippen LogP contribution in [-0.2, 0) is 11.3 Å². The number of rotatable bonds is 6. The van der Waals surface area contributed by atoms with Crippen LogP contribution in [0.25, 0.3) is 10.9 Å². The molecule has 0 saturated heterocycles. The van der Waals surface area contributed by atoms with Gasteiger partial charge in [0.15, 0.2) is 0 Å². The van der Waals surface area contributed by atoms with E-state index in [2.05, 4.69) is 34.3 Å². The van der Waals surface area contributed by atoms with Crippen LogP contribution in [0.3, 0.4) is 0 Å². The highest BCUT2D eigenvalue weighted by Crippen LogP contribution is 2.15. The highest BCUT2D eigenvalue weighted by Gasteiger charge is 2.09. The molecule has 0 aliphatic carbocycles. The monoisotopic (exact) mass is 259 g/mol.